The van der Waals surface area contributed by atoms with Crippen LogP contribution < -0.4 is 20.1 Å². The summed E-state index contributed by atoms with van der Waals surface area (Å²) in [5.74, 6) is 2.04. The van der Waals surface area contributed by atoms with Gasteiger partial charge in [-0.25, -0.2) is 4.98 Å². The Kier molecular flexibility index (Phi) is 5.09. The van der Waals surface area contributed by atoms with Crippen LogP contribution in [0.2, 0.25) is 5.02 Å². The molecular weight excluding hydrogens is 394 g/mol. The molecule has 1 amide bonds. The molecule has 1 aliphatic rings. The normalized spacial score (nSPS) is 11.8. The van der Waals surface area contributed by atoms with E-state index in [4.69, 9.17) is 21.1 Å². The number of halogens is 1. The lowest BCUT2D eigenvalue weighted by molar-refractivity contribution is 0.0827. The van der Waals surface area contributed by atoms with Crippen molar-refractivity contribution in [3.63, 3.8) is 0 Å². The number of nitrogens with zero attached hydrogens (tertiary/aromatic N) is 3. The van der Waals surface area contributed by atoms with E-state index in [-0.39, 0.29) is 12.7 Å². The van der Waals surface area contributed by atoms with Crippen molar-refractivity contribution in [2.24, 2.45) is 0 Å². The third kappa shape index (κ3) is 4.02. The monoisotopic (exact) mass is 411 g/mol. The summed E-state index contributed by atoms with van der Waals surface area (Å²) in [6, 6.07) is 12.3. The fourth-order valence-corrected chi connectivity index (χ4v) is 2.96. The maximum absolute atomic E-state index is 12.0. The van der Waals surface area contributed by atoms with Crippen LogP contribution in [0, 0.1) is 0 Å². The van der Waals surface area contributed by atoms with Gasteiger partial charge in [0.2, 0.25) is 12.7 Å². The quantitative estimate of drug-likeness (QED) is 0.654. The Hall–Kier alpha value is -3.52. The number of rotatable bonds is 5. The molecule has 1 aliphatic heterocycles. The van der Waals surface area contributed by atoms with Crippen LogP contribution in [0.3, 0.4) is 0 Å². The van der Waals surface area contributed by atoms with Crippen LogP contribution in [-0.4, -0.2) is 41.7 Å². The number of ether oxygens (including phenoxy) is 2. The highest BCUT2D eigenvalue weighted by Gasteiger charge is 2.21. The number of benzene rings is 2. The lowest BCUT2D eigenvalue weighted by Crippen LogP contribution is -2.21. The molecule has 0 fully saturated rings. The van der Waals surface area contributed by atoms with Gasteiger partial charge >= 0.3 is 0 Å². The number of hydrogen-bond donors (Lipinski definition) is 2. The molecule has 0 unspecified atom stereocenters. The average molecular weight is 412 g/mol. The Balaban J connectivity index is 1.52. The van der Waals surface area contributed by atoms with Crippen molar-refractivity contribution in [1.82, 2.24) is 14.9 Å². The fourth-order valence-electron chi connectivity index (χ4n) is 2.76. The van der Waals surface area contributed by atoms with Crippen molar-refractivity contribution >= 4 is 40.6 Å². The van der Waals surface area contributed by atoms with Crippen LogP contribution in [0.25, 0.3) is 0 Å². The molecule has 1 aromatic heterocycles. The van der Waals surface area contributed by atoms with Crippen LogP contribution in [-0.2, 0) is 0 Å². The van der Waals surface area contributed by atoms with Crippen LogP contribution in [0.4, 0.5) is 23.1 Å². The highest BCUT2D eigenvalue weighted by atomic mass is 35.5. The lowest BCUT2D eigenvalue weighted by atomic mass is 10.2. The van der Waals surface area contributed by atoms with Crippen LogP contribution in [0.1, 0.15) is 10.4 Å². The molecule has 0 spiro atoms. The van der Waals surface area contributed by atoms with Crippen LogP contribution in [0.5, 0.6) is 11.5 Å². The van der Waals surface area contributed by atoms with Gasteiger partial charge in [-0.05, 0) is 42.5 Å². The van der Waals surface area contributed by atoms with Gasteiger partial charge in [0, 0.05) is 31.5 Å². The Morgan fingerprint density at radius 3 is 2.62 bits per heavy atom. The van der Waals surface area contributed by atoms with Gasteiger partial charge in [-0.1, -0.05) is 11.6 Å². The molecule has 2 aromatic carbocycles. The molecule has 148 valence electrons. The van der Waals surface area contributed by atoms with Gasteiger partial charge in [0.1, 0.15) is 11.5 Å². The van der Waals surface area contributed by atoms with E-state index in [2.05, 4.69) is 20.6 Å². The van der Waals surface area contributed by atoms with Crippen molar-refractivity contribution in [2.75, 3.05) is 31.5 Å². The minimum Gasteiger partial charge on any atom is -0.454 e. The van der Waals surface area contributed by atoms with E-state index in [0.29, 0.717) is 39.5 Å². The molecular formula is C20H18ClN5O3. The highest BCUT2D eigenvalue weighted by molar-refractivity contribution is 6.33. The van der Waals surface area contributed by atoms with Gasteiger partial charge in [0.25, 0.3) is 5.91 Å². The number of carbonyl (C=O) groups excluding carboxylic acids is 1. The zero-order valence-corrected chi connectivity index (χ0v) is 16.5. The summed E-state index contributed by atoms with van der Waals surface area (Å²) in [5.41, 5.74) is 1.94. The number of carbonyl (C=O) groups is 1. The maximum atomic E-state index is 12.0. The average Bonchev–Trinajstić information content (AvgIpc) is 3.19. The molecule has 9 heteroatoms. The van der Waals surface area contributed by atoms with E-state index in [0.717, 1.165) is 5.69 Å². The van der Waals surface area contributed by atoms with Crippen molar-refractivity contribution in [3.05, 3.63) is 59.2 Å². The van der Waals surface area contributed by atoms with Crippen molar-refractivity contribution in [3.8, 4) is 11.5 Å². The number of amides is 1. The first kappa shape index (κ1) is 18.8. The topological polar surface area (TPSA) is 88.6 Å². The van der Waals surface area contributed by atoms with Gasteiger partial charge in [0.15, 0.2) is 11.5 Å². The largest absolute Gasteiger partial charge is 0.454 e. The Labute approximate surface area is 172 Å². The summed E-state index contributed by atoms with van der Waals surface area (Å²) in [7, 11) is 3.43. The minimum atomic E-state index is -0.0579. The molecule has 29 heavy (non-hydrogen) atoms. The van der Waals surface area contributed by atoms with Gasteiger partial charge in [-0.3, -0.25) is 4.79 Å². The summed E-state index contributed by atoms with van der Waals surface area (Å²) in [6.45, 7) is 0.146. The number of aromatic nitrogens is 2. The second kappa shape index (κ2) is 7.84. The van der Waals surface area contributed by atoms with Gasteiger partial charge < -0.3 is 25.0 Å². The van der Waals surface area contributed by atoms with Gasteiger partial charge in [0.05, 0.1) is 5.02 Å². The lowest BCUT2D eigenvalue weighted by Gasteiger charge is -2.12. The first-order valence-electron chi connectivity index (χ1n) is 8.78. The summed E-state index contributed by atoms with van der Waals surface area (Å²) >= 11 is 6.30. The zero-order chi connectivity index (χ0) is 20.4. The van der Waals surface area contributed by atoms with E-state index in [1.54, 1.807) is 62.8 Å². The molecule has 4 rings (SSSR count). The van der Waals surface area contributed by atoms with Crippen LogP contribution >= 0.6 is 11.6 Å². The summed E-state index contributed by atoms with van der Waals surface area (Å²) in [5, 5.41) is 6.76. The predicted octanol–water partition coefficient (Wildman–Crippen LogP) is 4.05. The SMILES string of the molecule is CN(C)C(=O)c1ccc(Nc2nccc(Nc3c(Cl)ccc4c3OCO4)n2)cc1. The Morgan fingerprint density at radius 2 is 1.86 bits per heavy atom. The maximum Gasteiger partial charge on any atom is 0.253 e. The second-order valence-corrected chi connectivity index (χ2v) is 6.86. The Morgan fingerprint density at radius 1 is 1.07 bits per heavy atom. The van der Waals surface area contributed by atoms with E-state index in [1.807, 2.05) is 0 Å². The molecule has 0 atom stereocenters. The van der Waals surface area contributed by atoms with E-state index in [9.17, 15) is 4.79 Å². The number of nitrogens with one attached hydrogen (secondary N) is 2. The summed E-state index contributed by atoms with van der Waals surface area (Å²) in [4.78, 5) is 22.2. The standard InChI is InChI=1S/C20H18ClN5O3/c1-26(2)19(27)12-3-5-13(6-4-12)23-20-22-10-9-16(25-20)24-17-14(21)7-8-15-18(17)29-11-28-15/h3-10H,11H2,1-2H3,(H2,22,23,24,25). The predicted molar refractivity (Wildman–Crippen MR) is 111 cm³/mol. The molecule has 2 N–H and O–H groups in total. The molecule has 8 nitrogen and oxygen atoms in total. The first-order chi connectivity index (χ1) is 14.0. The van der Waals surface area contributed by atoms with Crippen molar-refractivity contribution in [1.29, 1.82) is 0 Å². The molecule has 0 saturated heterocycles. The fraction of sp³-hybridized carbons (Fsp3) is 0.150. The Bertz CT molecular complexity index is 1060. The van der Waals surface area contributed by atoms with Gasteiger partial charge in [-0.2, -0.15) is 4.98 Å². The number of fused-ring (bicyclic) bond motifs is 1. The smallest absolute Gasteiger partial charge is 0.253 e. The van der Waals surface area contributed by atoms with Crippen molar-refractivity contribution < 1.29 is 14.3 Å². The van der Waals surface area contributed by atoms with Crippen LogP contribution in [0.15, 0.2) is 48.7 Å². The molecule has 0 aliphatic carbocycles. The summed E-state index contributed by atoms with van der Waals surface area (Å²) in [6.07, 6.45) is 1.62. The summed E-state index contributed by atoms with van der Waals surface area (Å²) < 4.78 is 10.9. The first-order valence-corrected chi connectivity index (χ1v) is 9.16. The molecule has 3 aromatic rings. The highest BCUT2D eigenvalue weighted by Crippen LogP contribution is 2.44. The van der Waals surface area contributed by atoms with Gasteiger partial charge in [-0.15, -0.1) is 0 Å². The third-order valence-electron chi connectivity index (χ3n) is 4.19. The molecule has 0 saturated carbocycles. The van der Waals surface area contributed by atoms with E-state index < -0.39 is 0 Å². The number of hydrogen-bond acceptors (Lipinski definition) is 7. The van der Waals surface area contributed by atoms with E-state index >= 15 is 0 Å². The second-order valence-electron chi connectivity index (χ2n) is 6.45. The zero-order valence-electron chi connectivity index (χ0n) is 15.8. The third-order valence-corrected chi connectivity index (χ3v) is 4.51. The minimum absolute atomic E-state index is 0.0579. The molecule has 2 heterocycles. The number of anilines is 4. The molecule has 0 bridgehead atoms. The molecule has 0 radical (unpaired) electrons. The van der Waals surface area contributed by atoms with E-state index in [1.165, 1.54) is 4.90 Å². The van der Waals surface area contributed by atoms with Crippen molar-refractivity contribution in [2.45, 2.75) is 0 Å².